The van der Waals surface area contributed by atoms with Gasteiger partial charge in [0.1, 0.15) is 17.8 Å². The molecule has 0 saturated heterocycles. The SMILES string of the molecule is Cc1cc(C)c(Nc2cc(C(=O)NCc3ccncc3)ncn2)c(C)c1. The third-order valence-corrected chi connectivity index (χ3v) is 4.03. The van der Waals surface area contributed by atoms with Crippen LogP contribution in [0, 0.1) is 20.8 Å². The summed E-state index contributed by atoms with van der Waals surface area (Å²) in [6, 6.07) is 9.59. The molecule has 0 aliphatic rings. The molecule has 132 valence electrons. The first-order valence-electron chi connectivity index (χ1n) is 8.37. The van der Waals surface area contributed by atoms with Gasteiger partial charge in [0.2, 0.25) is 0 Å². The average Bonchev–Trinajstić information content (AvgIpc) is 2.64. The zero-order valence-corrected chi connectivity index (χ0v) is 15.1. The Morgan fingerprint density at radius 3 is 2.38 bits per heavy atom. The van der Waals surface area contributed by atoms with Crippen molar-refractivity contribution in [2.45, 2.75) is 27.3 Å². The fourth-order valence-electron chi connectivity index (χ4n) is 2.83. The predicted octanol–water partition coefficient (Wildman–Crippen LogP) is 3.47. The van der Waals surface area contributed by atoms with Crippen molar-refractivity contribution in [1.29, 1.82) is 0 Å². The second-order valence-electron chi connectivity index (χ2n) is 6.23. The van der Waals surface area contributed by atoms with Crippen molar-refractivity contribution in [3.63, 3.8) is 0 Å². The van der Waals surface area contributed by atoms with Gasteiger partial charge in [0.25, 0.3) is 5.91 Å². The van der Waals surface area contributed by atoms with Gasteiger partial charge in [0.15, 0.2) is 0 Å². The van der Waals surface area contributed by atoms with Gasteiger partial charge in [0.05, 0.1) is 0 Å². The van der Waals surface area contributed by atoms with Gasteiger partial charge in [-0.1, -0.05) is 17.7 Å². The van der Waals surface area contributed by atoms with Gasteiger partial charge in [0, 0.05) is 30.7 Å². The third-order valence-electron chi connectivity index (χ3n) is 4.03. The number of rotatable bonds is 5. The molecule has 2 N–H and O–H groups in total. The van der Waals surface area contributed by atoms with Crippen molar-refractivity contribution in [3.05, 3.63) is 77.0 Å². The molecule has 3 rings (SSSR count). The van der Waals surface area contributed by atoms with Crippen molar-refractivity contribution in [3.8, 4) is 0 Å². The molecule has 0 atom stereocenters. The minimum Gasteiger partial charge on any atom is -0.347 e. The quantitative estimate of drug-likeness (QED) is 0.739. The van der Waals surface area contributed by atoms with E-state index >= 15 is 0 Å². The monoisotopic (exact) mass is 347 g/mol. The van der Waals surface area contributed by atoms with E-state index in [1.54, 1.807) is 18.5 Å². The summed E-state index contributed by atoms with van der Waals surface area (Å²) in [5, 5.41) is 6.15. The molecule has 0 aliphatic heterocycles. The minimum atomic E-state index is -0.246. The van der Waals surface area contributed by atoms with Crippen molar-refractivity contribution in [1.82, 2.24) is 20.3 Å². The lowest BCUT2D eigenvalue weighted by Gasteiger charge is -2.13. The molecule has 3 aromatic rings. The highest BCUT2D eigenvalue weighted by atomic mass is 16.1. The van der Waals surface area contributed by atoms with E-state index in [9.17, 15) is 4.79 Å². The van der Waals surface area contributed by atoms with Gasteiger partial charge in [-0.05, 0) is 49.6 Å². The Morgan fingerprint density at radius 2 is 1.69 bits per heavy atom. The number of pyridine rings is 1. The van der Waals surface area contributed by atoms with E-state index in [-0.39, 0.29) is 5.91 Å². The molecule has 1 amide bonds. The fraction of sp³-hybridized carbons (Fsp3) is 0.200. The van der Waals surface area contributed by atoms with Crippen LogP contribution in [0.3, 0.4) is 0 Å². The average molecular weight is 347 g/mol. The number of benzene rings is 1. The first kappa shape index (κ1) is 17.5. The molecular formula is C20H21N5O. The number of hydrogen-bond donors (Lipinski definition) is 2. The normalized spacial score (nSPS) is 10.4. The second kappa shape index (κ2) is 7.74. The number of hydrogen-bond acceptors (Lipinski definition) is 5. The van der Waals surface area contributed by atoms with E-state index in [1.165, 1.54) is 11.9 Å². The predicted molar refractivity (Wildman–Crippen MR) is 101 cm³/mol. The summed E-state index contributed by atoms with van der Waals surface area (Å²) >= 11 is 0. The number of carbonyl (C=O) groups excluding carboxylic acids is 1. The molecule has 0 saturated carbocycles. The second-order valence-corrected chi connectivity index (χ2v) is 6.23. The Labute approximate surface area is 152 Å². The van der Waals surface area contributed by atoms with E-state index in [1.807, 2.05) is 26.0 Å². The van der Waals surface area contributed by atoms with Crippen LogP contribution in [-0.2, 0) is 6.54 Å². The zero-order valence-electron chi connectivity index (χ0n) is 15.1. The number of aryl methyl sites for hydroxylation is 3. The Balaban J connectivity index is 1.73. The molecule has 6 heteroatoms. The summed E-state index contributed by atoms with van der Waals surface area (Å²) in [6.07, 6.45) is 4.78. The smallest absolute Gasteiger partial charge is 0.270 e. The molecule has 0 fully saturated rings. The van der Waals surface area contributed by atoms with Crippen molar-refractivity contribution < 1.29 is 4.79 Å². The van der Waals surface area contributed by atoms with Crippen LogP contribution in [0.2, 0.25) is 0 Å². The molecule has 2 heterocycles. The molecule has 2 aromatic heterocycles. The molecular weight excluding hydrogens is 326 g/mol. The maximum atomic E-state index is 12.4. The summed E-state index contributed by atoms with van der Waals surface area (Å²) in [6.45, 7) is 6.59. The Hall–Kier alpha value is -3.28. The van der Waals surface area contributed by atoms with Gasteiger partial charge >= 0.3 is 0 Å². The molecule has 1 aromatic carbocycles. The van der Waals surface area contributed by atoms with E-state index in [4.69, 9.17) is 0 Å². The lowest BCUT2D eigenvalue weighted by Crippen LogP contribution is -2.24. The van der Waals surface area contributed by atoms with Crippen LogP contribution in [-0.4, -0.2) is 20.9 Å². The molecule has 0 aliphatic carbocycles. The van der Waals surface area contributed by atoms with E-state index in [0.717, 1.165) is 22.4 Å². The van der Waals surface area contributed by atoms with Crippen LogP contribution >= 0.6 is 0 Å². The third kappa shape index (κ3) is 4.22. The minimum absolute atomic E-state index is 0.246. The maximum absolute atomic E-state index is 12.4. The van der Waals surface area contributed by atoms with Crippen LogP contribution in [0.25, 0.3) is 0 Å². The Bertz CT molecular complexity index is 901. The lowest BCUT2D eigenvalue weighted by molar-refractivity contribution is 0.0946. The number of carbonyl (C=O) groups is 1. The van der Waals surface area contributed by atoms with Crippen molar-refractivity contribution in [2.24, 2.45) is 0 Å². The highest BCUT2D eigenvalue weighted by Gasteiger charge is 2.10. The molecule has 0 radical (unpaired) electrons. The number of nitrogens with one attached hydrogen (secondary N) is 2. The Kier molecular flexibility index (Phi) is 5.22. The van der Waals surface area contributed by atoms with Gasteiger partial charge in [-0.2, -0.15) is 0 Å². The maximum Gasteiger partial charge on any atom is 0.270 e. The van der Waals surface area contributed by atoms with Crippen LogP contribution < -0.4 is 10.6 Å². The van der Waals surface area contributed by atoms with Crippen LogP contribution in [0.15, 0.2) is 49.1 Å². The summed E-state index contributed by atoms with van der Waals surface area (Å²) in [5.41, 5.74) is 5.77. The zero-order chi connectivity index (χ0) is 18.5. The van der Waals surface area contributed by atoms with Gasteiger partial charge in [-0.25, -0.2) is 9.97 Å². The summed E-state index contributed by atoms with van der Waals surface area (Å²) in [5.74, 6) is 0.341. The van der Waals surface area contributed by atoms with Gasteiger partial charge < -0.3 is 10.6 Å². The summed E-state index contributed by atoms with van der Waals surface area (Å²) in [7, 11) is 0. The topological polar surface area (TPSA) is 79.8 Å². The van der Waals surface area contributed by atoms with Gasteiger partial charge in [-0.15, -0.1) is 0 Å². The van der Waals surface area contributed by atoms with E-state index < -0.39 is 0 Å². The molecule has 0 spiro atoms. The summed E-state index contributed by atoms with van der Waals surface area (Å²) < 4.78 is 0. The van der Waals surface area contributed by atoms with Crippen LogP contribution in [0.5, 0.6) is 0 Å². The summed E-state index contributed by atoms with van der Waals surface area (Å²) in [4.78, 5) is 24.6. The van der Waals surface area contributed by atoms with Crippen molar-refractivity contribution in [2.75, 3.05) is 5.32 Å². The molecule has 26 heavy (non-hydrogen) atoms. The lowest BCUT2D eigenvalue weighted by atomic mass is 10.1. The highest BCUT2D eigenvalue weighted by molar-refractivity contribution is 5.93. The van der Waals surface area contributed by atoms with E-state index in [2.05, 4.69) is 44.6 Å². The highest BCUT2D eigenvalue weighted by Crippen LogP contribution is 2.25. The first-order valence-corrected chi connectivity index (χ1v) is 8.37. The molecule has 0 unspecified atom stereocenters. The first-order chi connectivity index (χ1) is 12.5. The van der Waals surface area contributed by atoms with Crippen LogP contribution in [0.4, 0.5) is 11.5 Å². The van der Waals surface area contributed by atoms with E-state index in [0.29, 0.717) is 18.1 Å². The van der Waals surface area contributed by atoms with Crippen molar-refractivity contribution >= 4 is 17.4 Å². The fourth-order valence-corrected chi connectivity index (χ4v) is 2.83. The van der Waals surface area contributed by atoms with Gasteiger partial charge in [-0.3, -0.25) is 9.78 Å². The molecule has 6 nitrogen and oxygen atoms in total. The number of nitrogens with zero attached hydrogens (tertiary/aromatic N) is 3. The Morgan fingerprint density at radius 1 is 1.00 bits per heavy atom. The number of aromatic nitrogens is 3. The standard InChI is InChI=1S/C20H21N5O/c1-13-8-14(2)19(15(3)9-13)25-18-10-17(23-12-24-18)20(26)22-11-16-4-6-21-7-5-16/h4-10,12H,11H2,1-3H3,(H,22,26)(H,23,24,25). The molecule has 0 bridgehead atoms. The number of anilines is 2. The largest absolute Gasteiger partial charge is 0.347 e. The number of amides is 1. The van der Waals surface area contributed by atoms with Crippen LogP contribution in [0.1, 0.15) is 32.7 Å².